The largest absolute Gasteiger partial charge is 0.490 e. The molecule has 2 rings (SSSR count). The molecule has 0 heterocycles. The minimum absolute atomic E-state index is 0.0137. The number of methoxy groups -OCH3 is 1. The molecule has 0 aliphatic heterocycles. The van der Waals surface area contributed by atoms with Crippen LogP contribution in [0.2, 0.25) is 10.0 Å². The maximum Gasteiger partial charge on any atom is 0.366 e. The zero-order chi connectivity index (χ0) is 19.3. The number of nitrogens with zero attached hydrogens (tertiary/aromatic N) is 2. The van der Waals surface area contributed by atoms with Crippen LogP contribution in [0.4, 0.5) is 5.69 Å². The number of halogens is 2. The highest BCUT2D eigenvalue weighted by Gasteiger charge is 2.19. The van der Waals surface area contributed by atoms with E-state index >= 15 is 0 Å². The summed E-state index contributed by atoms with van der Waals surface area (Å²) in [5.41, 5.74) is 6.00. The van der Waals surface area contributed by atoms with Gasteiger partial charge in [0.25, 0.3) is 0 Å². The lowest BCUT2D eigenvalue weighted by Crippen LogP contribution is -2.16. The van der Waals surface area contributed by atoms with E-state index in [1.165, 1.54) is 19.2 Å². The van der Waals surface area contributed by atoms with Crippen LogP contribution in [0.15, 0.2) is 41.6 Å². The summed E-state index contributed by atoms with van der Waals surface area (Å²) in [5, 5.41) is 15.3. The third-order valence-corrected chi connectivity index (χ3v) is 3.97. The number of ether oxygens (including phenoxy) is 1. The van der Waals surface area contributed by atoms with Gasteiger partial charge in [0.1, 0.15) is 5.84 Å². The van der Waals surface area contributed by atoms with Crippen LogP contribution in [-0.2, 0) is 11.3 Å². The Balaban J connectivity index is 2.09. The topological polar surface area (TPSA) is 117 Å². The molecule has 0 aliphatic carbocycles. The van der Waals surface area contributed by atoms with E-state index in [-0.39, 0.29) is 29.3 Å². The summed E-state index contributed by atoms with van der Waals surface area (Å²) in [6.45, 7) is 0. The van der Waals surface area contributed by atoms with E-state index in [0.717, 1.165) is 11.6 Å². The van der Waals surface area contributed by atoms with Crippen LogP contribution in [0.5, 0.6) is 5.75 Å². The van der Waals surface area contributed by atoms with Gasteiger partial charge in [0.15, 0.2) is 5.75 Å². The third kappa shape index (κ3) is 4.84. The number of nitro groups is 1. The van der Waals surface area contributed by atoms with E-state index in [2.05, 4.69) is 5.16 Å². The Hall–Kier alpha value is -2.84. The average molecular weight is 398 g/mol. The average Bonchev–Trinajstić information content (AvgIpc) is 2.62. The highest BCUT2D eigenvalue weighted by Crippen LogP contribution is 2.27. The van der Waals surface area contributed by atoms with Gasteiger partial charge in [-0.1, -0.05) is 34.4 Å². The van der Waals surface area contributed by atoms with E-state index in [1.807, 2.05) is 0 Å². The molecule has 2 N–H and O–H groups in total. The van der Waals surface area contributed by atoms with Crippen LogP contribution < -0.4 is 10.5 Å². The van der Waals surface area contributed by atoms with E-state index in [4.69, 9.17) is 38.5 Å². The Kier molecular flexibility index (Phi) is 6.37. The molecular formula is C16H13Cl2N3O5. The lowest BCUT2D eigenvalue weighted by atomic mass is 10.1. The molecular weight excluding hydrogens is 385 g/mol. The molecule has 26 heavy (non-hydrogen) atoms. The Labute approximate surface area is 158 Å². The highest BCUT2D eigenvalue weighted by atomic mass is 35.5. The molecule has 0 aromatic heterocycles. The van der Waals surface area contributed by atoms with Gasteiger partial charge in [0.05, 0.1) is 27.6 Å². The van der Waals surface area contributed by atoms with Crippen molar-refractivity contribution in [2.75, 3.05) is 7.11 Å². The second-order valence-electron chi connectivity index (χ2n) is 5.03. The van der Waals surface area contributed by atoms with Crippen molar-refractivity contribution in [3.05, 3.63) is 67.7 Å². The lowest BCUT2D eigenvalue weighted by molar-refractivity contribution is -0.385. The van der Waals surface area contributed by atoms with Crippen molar-refractivity contribution in [1.29, 1.82) is 0 Å². The first-order valence-electron chi connectivity index (χ1n) is 7.12. The predicted molar refractivity (Wildman–Crippen MR) is 96.9 cm³/mol. The molecule has 0 fully saturated rings. The van der Waals surface area contributed by atoms with Gasteiger partial charge in [-0.25, -0.2) is 4.79 Å². The molecule has 2 aromatic rings. The number of hydrogen-bond acceptors (Lipinski definition) is 6. The minimum atomic E-state index is -0.896. The lowest BCUT2D eigenvalue weighted by Gasteiger charge is -2.05. The van der Waals surface area contributed by atoms with E-state index in [0.29, 0.717) is 10.0 Å². The van der Waals surface area contributed by atoms with Crippen LogP contribution in [-0.4, -0.2) is 23.8 Å². The van der Waals surface area contributed by atoms with Crippen molar-refractivity contribution in [3.63, 3.8) is 0 Å². The number of hydrogen-bond donors (Lipinski definition) is 1. The number of nitro benzene ring substituents is 1. The number of carbonyl (C=O) groups is 1. The first-order valence-corrected chi connectivity index (χ1v) is 7.87. The molecule has 0 radical (unpaired) electrons. The van der Waals surface area contributed by atoms with Gasteiger partial charge in [-0.15, -0.1) is 0 Å². The van der Waals surface area contributed by atoms with Crippen molar-refractivity contribution < 1.29 is 19.3 Å². The smallest absolute Gasteiger partial charge is 0.366 e. The van der Waals surface area contributed by atoms with Crippen molar-refractivity contribution in [3.8, 4) is 5.75 Å². The van der Waals surface area contributed by atoms with Crippen LogP contribution in [0, 0.1) is 10.1 Å². The molecule has 0 atom stereocenters. The zero-order valence-corrected chi connectivity index (χ0v) is 15.0. The fourth-order valence-electron chi connectivity index (χ4n) is 2.00. The summed E-state index contributed by atoms with van der Waals surface area (Å²) in [4.78, 5) is 27.0. The molecule has 0 bridgehead atoms. The number of amidine groups is 1. The van der Waals surface area contributed by atoms with Crippen molar-refractivity contribution in [2.45, 2.75) is 6.42 Å². The summed E-state index contributed by atoms with van der Waals surface area (Å²) in [6, 6.07) is 8.56. The molecule has 10 heteroatoms. The summed E-state index contributed by atoms with van der Waals surface area (Å²) < 4.78 is 4.86. The monoisotopic (exact) mass is 397 g/mol. The van der Waals surface area contributed by atoms with E-state index < -0.39 is 10.9 Å². The Morgan fingerprint density at radius 2 is 1.96 bits per heavy atom. The molecule has 0 aliphatic rings. The van der Waals surface area contributed by atoms with Gasteiger partial charge >= 0.3 is 11.7 Å². The van der Waals surface area contributed by atoms with Crippen molar-refractivity contribution in [1.82, 2.24) is 0 Å². The van der Waals surface area contributed by atoms with Gasteiger partial charge in [0, 0.05) is 12.5 Å². The Morgan fingerprint density at radius 3 is 2.58 bits per heavy atom. The summed E-state index contributed by atoms with van der Waals surface area (Å²) in [7, 11) is 1.29. The van der Waals surface area contributed by atoms with Crippen LogP contribution in [0.25, 0.3) is 0 Å². The van der Waals surface area contributed by atoms with Gasteiger partial charge in [-0.3, -0.25) is 10.1 Å². The first-order chi connectivity index (χ1) is 12.3. The summed E-state index contributed by atoms with van der Waals surface area (Å²) >= 11 is 11.7. The normalized spacial score (nSPS) is 11.1. The van der Waals surface area contributed by atoms with Gasteiger partial charge < -0.3 is 15.3 Å². The quantitative estimate of drug-likeness (QED) is 0.261. The minimum Gasteiger partial charge on any atom is -0.490 e. The van der Waals surface area contributed by atoms with Crippen molar-refractivity contribution >= 4 is 40.7 Å². The number of nitrogens with two attached hydrogens (primary N) is 1. The second kappa shape index (κ2) is 8.50. The van der Waals surface area contributed by atoms with Crippen LogP contribution in [0.3, 0.4) is 0 Å². The Bertz CT molecular complexity index is 886. The molecule has 136 valence electrons. The predicted octanol–water partition coefficient (Wildman–Crippen LogP) is 3.58. The SMILES string of the molecule is COc1ccc(C(=O)ON=C(N)Cc2ccc(Cl)c(Cl)c2)cc1[N+](=O)[O-]. The van der Waals surface area contributed by atoms with E-state index in [1.54, 1.807) is 18.2 Å². The molecule has 0 unspecified atom stereocenters. The van der Waals surface area contributed by atoms with E-state index in [9.17, 15) is 14.9 Å². The van der Waals surface area contributed by atoms with Gasteiger partial charge in [-0.05, 0) is 29.8 Å². The number of rotatable bonds is 6. The molecule has 2 aromatic carbocycles. The number of oxime groups is 1. The number of benzene rings is 2. The summed E-state index contributed by atoms with van der Waals surface area (Å²) in [6.07, 6.45) is 0.174. The van der Waals surface area contributed by atoms with Gasteiger partial charge in [0.2, 0.25) is 0 Å². The molecule has 0 saturated heterocycles. The maximum absolute atomic E-state index is 12.0. The second-order valence-corrected chi connectivity index (χ2v) is 5.84. The van der Waals surface area contributed by atoms with Gasteiger partial charge in [-0.2, -0.15) is 0 Å². The molecule has 0 amide bonds. The fraction of sp³-hybridized carbons (Fsp3) is 0.125. The molecule has 8 nitrogen and oxygen atoms in total. The summed E-state index contributed by atoms with van der Waals surface area (Å²) in [5.74, 6) is -0.859. The first kappa shape index (κ1) is 19.5. The molecule has 0 spiro atoms. The highest BCUT2D eigenvalue weighted by molar-refractivity contribution is 6.42. The standard InChI is InChI=1S/C16H13Cl2N3O5/c1-25-14-5-3-10(8-13(14)21(23)24)16(22)26-20-15(19)7-9-2-4-11(17)12(18)6-9/h2-6,8H,7H2,1H3,(H2,19,20). The van der Waals surface area contributed by atoms with Crippen LogP contribution in [0.1, 0.15) is 15.9 Å². The fourth-order valence-corrected chi connectivity index (χ4v) is 2.32. The van der Waals surface area contributed by atoms with Crippen LogP contribution >= 0.6 is 23.2 Å². The zero-order valence-electron chi connectivity index (χ0n) is 13.4. The third-order valence-electron chi connectivity index (χ3n) is 3.23. The Morgan fingerprint density at radius 1 is 1.23 bits per heavy atom. The maximum atomic E-state index is 12.0. The number of carbonyl (C=O) groups excluding carboxylic acids is 1. The molecule has 0 saturated carbocycles. The van der Waals surface area contributed by atoms with Crippen molar-refractivity contribution in [2.24, 2.45) is 10.9 Å².